The van der Waals surface area contributed by atoms with Crippen LogP contribution in [-0.4, -0.2) is 49.8 Å². The van der Waals surface area contributed by atoms with E-state index in [-0.39, 0.29) is 23.0 Å². The van der Waals surface area contributed by atoms with Gasteiger partial charge in [-0.15, -0.1) is 0 Å². The smallest absolute Gasteiger partial charge is 0.352 e. The normalized spacial score (nSPS) is 16.8. The number of benzene rings is 1. The molecule has 1 amide bonds. The third kappa shape index (κ3) is 7.17. The predicted octanol–water partition coefficient (Wildman–Crippen LogP) is 3.03. The second-order valence-electron chi connectivity index (χ2n) is 6.08. The molecule has 1 aliphatic rings. The van der Waals surface area contributed by atoms with Crippen LogP contribution in [0.4, 0.5) is 17.6 Å². The first-order chi connectivity index (χ1) is 11.7. The Balaban J connectivity index is 1.69. The van der Waals surface area contributed by atoms with Gasteiger partial charge in [0, 0.05) is 30.2 Å². The summed E-state index contributed by atoms with van der Waals surface area (Å²) >= 11 is 5.73. The minimum Gasteiger partial charge on any atom is -0.352 e. The van der Waals surface area contributed by atoms with Crippen LogP contribution >= 0.6 is 11.6 Å². The Morgan fingerprint density at radius 3 is 2.52 bits per heavy atom. The van der Waals surface area contributed by atoms with Gasteiger partial charge in [0.15, 0.2) is 0 Å². The highest BCUT2D eigenvalue weighted by Gasteiger charge is 2.26. The Hall–Kier alpha value is -1.38. The minimum atomic E-state index is -4.34. The molecule has 2 N–H and O–H groups in total. The Morgan fingerprint density at radius 1 is 1.24 bits per heavy atom. The zero-order valence-electron chi connectivity index (χ0n) is 13.5. The van der Waals surface area contributed by atoms with Gasteiger partial charge in [0.25, 0.3) is 5.91 Å². The fourth-order valence-corrected chi connectivity index (χ4v) is 3.02. The van der Waals surface area contributed by atoms with Crippen LogP contribution in [0.3, 0.4) is 0 Å². The monoisotopic (exact) mass is 381 g/mol. The molecule has 0 unspecified atom stereocenters. The van der Waals surface area contributed by atoms with Crippen LogP contribution in [0.25, 0.3) is 0 Å². The van der Waals surface area contributed by atoms with Gasteiger partial charge in [-0.1, -0.05) is 11.6 Å². The van der Waals surface area contributed by atoms with Gasteiger partial charge in [-0.25, -0.2) is 9.71 Å². The zero-order valence-corrected chi connectivity index (χ0v) is 14.3. The minimum absolute atomic E-state index is 0.134. The summed E-state index contributed by atoms with van der Waals surface area (Å²) in [6.45, 7) is 2.02. The van der Waals surface area contributed by atoms with Crippen LogP contribution in [0.2, 0.25) is 5.02 Å². The number of nitrogens with zero attached hydrogens (tertiary/aromatic N) is 1. The molecule has 0 atom stereocenters. The van der Waals surface area contributed by atoms with Crippen molar-refractivity contribution in [2.24, 2.45) is 5.92 Å². The van der Waals surface area contributed by atoms with E-state index in [1.165, 1.54) is 11.4 Å². The summed E-state index contributed by atoms with van der Waals surface area (Å²) in [7, 11) is 0. The van der Waals surface area contributed by atoms with E-state index in [1.807, 2.05) is 4.90 Å². The molecule has 0 radical (unpaired) electrons. The molecule has 1 aromatic rings. The molecule has 1 fully saturated rings. The van der Waals surface area contributed by atoms with Gasteiger partial charge >= 0.3 is 6.30 Å². The van der Waals surface area contributed by atoms with Gasteiger partial charge in [0.1, 0.15) is 5.82 Å². The van der Waals surface area contributed by atoms with Crippen molar-refractivity contribution < 1.29 is 22.4 Å². The SMILES string of the molecule is O=C(NCC1CCN(CCNC(F)(F)F)CC1)c1cc(F)cc(Cl)c1. The number of nitrogens with one attached hydrogen (secondary N) is 2. The van der Waals surface area contributed by atoms with E-state index in [0.717, 1.165) is 25.0 Å². The number of alkyl halides is 3. The number of carbonyl (C=O) groups excluding carboxylic acids is 1. The first kappa shape index (κ1) is 19.9. The highest BCUT2D eigenvalue weighted by atomic mass is 35.5. The number of likely N-dealkylation sites (tertiary alicyclic amines) is 1. The molecule has 1 saturated heterocycles. The van der Waals surface area contributed by atoms with E-state index in [1.54, 1.807) is 0 Å². The second kappa shape index (κ2) is 8.82. The molecule has 4 nitrogen and oxygen atoms in total. The van der Waals surface area contributed by atoms with Gasteiger partial charge in [0.05, 0.1) is 0 Å². The summed E-state index contributed by atoms with van der Waals surface area (Å²) < 4.78 is 49.4. The standard InChI is InChI=1S/C16H20ClF4N3O/c17-13-7-12(8-14(18)9-13)15(25)22-10-11-1-4-24(5-2-11)6-3-23-16(19,20)21/h7-9,11,23H,1-6,10H2,(H,22,25). The van der Waals surface area contributed by atoms with Crippen LogP contribution in [0.15, 0.2) is 18.2 Å². The molecule has 0 bridgehead atoms. The lowest BCUT2D eigenvalue weighted by atomic mass is 9.96. The molecular weight excluding hydrogens is 362 g/mol. The number of rotatable bonds is 6. The van der Waals surface area contributed by atoms with Crippen LogP contribution in [-0.2, 0) is 0 Å². The molecule has 0 saturated carbocycles. The first-order valence-electron chi connectivity index (χ1n) is 8.01. The van der Waals surface area contributed by atoms with Crippen molar-refractivity contribution in [1.82, 2.24) is 15.5 Å². The van der Waals surface area contributed by atoms with Gasteiger partial charge < -0.3 is 10.2 Å². The Bertz CT molecular complexity index is 569. The van der Waals surface area contributed by atoms with Gasteiger partial charge in [-0.2, -0.15) is 13.2 Å². The van der Waals surface area contributed by atoms with E-state index in [0.29, 0.717) is 26.2 Å². The Kier molecular flexibility index (Phi) is 7.04. The largest absolute Gasteiger partial charge is 0.457 e. The van der Waals surface area contributed by atoms with Crippen molar-refractivity contribution in [2.75, 3.05) is 32.7 Å². The topological polar surface area (TPSA) is 44.4 Å². The van der Waals surface area contributed by atoms with Crippen LogP contribution < -0.4 is 10.6 Å². The molecule has 0 spiro atoms. The summed E-state index contributed by atoms with van der Waals surface area (Å²) in [6.07, 6.45) is -2.77. The Labute approximate surface area is 148 Å². The maximum Gasteiger partial charge on any atom is 0.457 e. The quantitative estimate of drug-likeness (QED) is 0.588. The molecule has 9 heteroatoms. The predicted molar refractivity (Wildman–Crippen MR) is 87.0 cm³/mol. The third-order valence-electron chi connectivity index (χ3n) is 4.14. The van der Waals surface area contributed by atoms with Crippen molar-refractivity contribution >= 4 is 17.5 Å². The lowest BCUT2D eigenvalue weighted by molar-refractivity contribution is -0.157. The van der Waals surface area contributed by atoms with E-state index < -0.39 is 18.0 Å². The highest BCUT2D eigenvalue weighted by molar-refractivity contribution is 6.31. The van der Waals surface area contributed by atoms with Gasteiger partial charge in [-0.05, 0) is 50.0 Å². The molecule has 1 heterocycles. The number of halogens is 5. The fraction of sp³-hybridized carbons (Fsp3) is 0.562. The van der Waals surface area contributed by atoms with Crippen LogP contribution in [0, 0.1) is 11.7 Å². The summed E-state index contributed by atoms with van der Waals surface area (Å²) in [5, 5.41) is 4.42. The summed E-state index contributed by atoms with van der Waals surface area (Å²) in [5.41, 5.74) is 0.167. The number of amides is 1. The molecule has 2 rings (SSSR count). The van der Waals surface area contributed by atoms with E-state index >= 15 is 0 Å². The number of hydrogen-bond donors (Lipinski definition) is 2. The summed E-state index contributed by atoms with van der Waals surface area (Å²) in [6, 6.07) is 3.65. The van der Waals surface area contributed by atoms with Gasteiger partial charge in [0.2, 0.25) is 0 Å². The lowest BCUT2D eigenvalue weighted by Crippen LogP contribution is -2.43. The Morgan fingerprint density at radius 2 is 1.92 bits per heavy atom. The lowest BCUT2D eigenvalue weighted by Gasteiger charge is -2.32. The maximum absolute atomic E-state index is 13.3. The average molecular weight is 382 g/mol. The van der Waals surface area contributed by atoms with Crippen molar-refractivity contribution in [3.05, 3.63) is 34.6 Å². The van der Waals surface area contributed by atoms with Crippen molar-refractivity contribution in [3.63, 3.8) is 0 Å². The van der Waals surface area contributed by atoms with Crippen LogP contribution in [0.1, 0.15) is 23.2 Å². The third-order valence-corrected chi connectivity index (χ3v) is 4.35. The van der Waals surface area contributed by atoms with Crippen molar-refractivity contribution in [3.8, 4) is 0 Å². The fourth-order valence-electron chi connectivity index (χ4n) is 2.79. The zero-order chi connectivity index (χ0) is 18.4. The second-order valence-corrected chi connectivity index (χ2v) is 6.51. The molecular formula is C16H20ClF4N3O. The summed E-state index contributed by atoms with van der Waals surface area (Å²) in [4.78, 5) is 14.0. The van der Waals surface area contributed by atoms with E-state index in [4.69, 9.17) is 11.6 Å². The number of hydrogen-bond acceptors (Lipinski definition) is 3. The number of piperidine rings is 1. The first-order valence-corrected chi connectivity index (χ1v) is 8.39. The molecule has 140 valence electrons. The van der Waals surface area contributed by atoms with Gasteiger partial charge in [-0.3, -0.25) is 4.79 Å². The highest BCUT2D eigenvalue weighted by Crippen LogP contribution is 2.18. The van der Waals surface area contributed by atoms with Crippen molar-refractivity contribution in [2.45, 2.75) is 19.1 Å². The average Bonchev–Trinajstić information content (AvgIpc) is 2.51. The molecule has 25 heavy (non-hydrogen) atoms. The molecule has 0 aromatic heterocycles. The summed E-state index contributed by atoms with van der Waals surface area (Å²) in [5.74, 6) is -0.712. The molecule has 1 aromatic carbocycles. The van der Waals surface area contributed by atoms with Crippen molar-refractivity contribution in [1.29, 1.82) is 0 Å². The molecule has 0 aliphatic carbocycles. The van der Waals surface area contributed by atoms with Crippen LogP contribution in [0.5, 0.6) is 0 Å². The maximum atomic E-state index is 13.3. The van der Waals surface area contributed by atoms with E-state index in [9.17, 15) is 22.4 Å². The molecule has 1 aliphatic heterocycles. The van der Waals surface area contributed by atoms with E-state index in [2.05, 4.69) is 5.32 Å². The number of carbonyl (C=O) groups is 1.